The molecule has 0 aliphatic carbocycles. The molecule has 0 unspecified atom stereocenters. The Labute approximate surface area is 170 Å². The molecule has 0 bridgehead atoms. The van der Waals surface area contributed by atoms with Gasteiger partial charge in [0.15, 0.2) is 11.5 Å². The summed E-state index contributed by atoms with van der Waals surface area (Å²) >= 11 is 1.62. The smallest absolute Gasteiger partial charge is 0.175 e. The van der Waals surface area contributed by atoms with Crippen LogP contribution >= 0.6 is 11.3 Å². The van der Waals surface area contributed by atoms with Gasteiger partial charge in [0.1, 0.15) is 23.1 Å². The number of nitrogens with zero attached hydrogens (tertiary/aromatic N) is 5. The average Bonchev–Trinajstić information content (AvgIpc) is 3.37. The zero-order valence-electron chi connectivity index (χ0n) is 15.9. The van der Waals surface area contributed by atoms with Gasteiger partial charge in [0.2, 0.25) is 0 Å². The van der Waals surface area contributed by atoms with Crippen LogP contribution in [0.2, 0.25) is 0 Å². The monoisotopic (exact) mass is 403 g/mol. The maximum absolute atomic E-state index is 6.08. The normalized spacial score (nSPS) is 11.2. The van der Waals surface area contributed by atoms with E-state index in [2.05, 4.69) is 20.2 Å². The first-order valence-electron chi connectivity index (χ1n) is 9.03. The number of rotatable bonds is 5. The highest BCUT2D eigenvalue weighted by Gasteiger charge is 2.11. The first-order valence-corrected chi connectivity index (χ1v) is 9.91. The average molecular weight is 403 g/mol. The predicted octanol–water partition coefficient (Wildman–Crippen LogP) is 4.30. The highest BCUT2D eigenvalue weighted by Crippen LogP contribution is 2.28. The second-order valence-corrected chi connectivity index (χ2v) is 7.40. The molecule has 4 heterocycles. The van der Waals surface area contributed by atoms with E-state index in [0.717, 1.165) is 44.3 Å². The van der Waals surface area contributed by atoms with Crippen LogP contribution in [0.5, 0.6) is 11.5 Å². The molecule has 0 atom stereocenters. The Hall–Kier alpha value is -3.52. The van der Waals surface area contributed by atoms with Crippen molar-refractivity contribution in [3.05, 3.63) is 65.7 Å². The van der Waals surface area contributed by atoms with Gasteiger partial charge in [-0.05, 0) is 37.3 Å². The minimum atomic E-state index is 0.284. The first kappa shape index (κ1) is 17.6. The Morgan fingerprint density at radius 3 is 2.86 bits per heavy atom. The quantitative estimate of drug-likeness (QED) is 0.436. The van der Waals surface area contributed by atoms with Gasteiger partial charge >= 0.3 is 0 Å². The van der Waals surface area contributed by atoms with Crippen LogP contribution in [-0.2, 0) is 6.61 Å². The summed E-state index contributed by atoms with van der Waals surface area (Å²) in [6.07, 6.45) is 3.73. The Balaban J connectivity index is 1.46. The third-order valence-electron chi connectivity index (χ3n) is 4.61. The number of ether oxygens (including phenoxy) is 2. The lowest BCUT2D eigenvalue weighted by molar-refractivity contribution is 0.298. The summed E-state index contributed by atoms with van der Waals surface area (Å²) < 4.78 is 13.3. The molecule has 0 fully saturated rings. The van der Waals surface area contributed by atoms with Gasteiger partial charge in [0.25, 0.3) is 0 Å². The fourth-order valence-corrected chi connectivity index (χ4v) is 3.93. The molecule has 144 valence electrons. The Bertz CT molecular complexity index is 1330. The third-order valence-corrected chi connectivity index (χ3v) is 5.61. The maximum Gasteiger partial charge on any atom is 0.175 e. The van der Waals surface area contributed by atoms with Gasteiger partial charge in [0.05, 0.1) is 12.6 Å². The van der Waals surface area contributed by atoms with Gasteiger partial charge in [-0.2, -0.15) is 0 Å². The van der Waals surface area contributed by atoms with E-state index in [9.17, 15) is 0 Å². The molecule has 1 aromatic carbocycles. The molecule has 29 heavy (non-hydrogen) atoms. The van der Waals surface area contributed by atoms with Crippen LogP contribution in [0.3, 0.4) is 0 Å². The molecule has 0 saturated carbocycles. The molecular weight excluding hydrogens is 386 g/mol. The largest absolute Gasteiger partial charge is 0.497 e. The fourth-order valence-electron chi connectivity index (χ4n) is 3.15. The summed E-state index contributed by atoms with van der Waals surface area (Å²) in [6, 6.07) is 11.5. The van der Waals surface area contributed by atoms with Crippen molar-refractivity contribution in [2.24, 2.45) is 0 Å². The highest BCUT2D eigenvalue weighted by atomic mass is 32.1. The number of aromatic nitrogens is 5. The van der Waals surface area contributed by atoms with Gasteiger partial charge in [-0.1, -0.05) is 0 Å². The van der Waals surface area contributed by atoms with Crippen LogP contribution in [0.15, 0.2) is 54.2 Å². The van der Waals surface area contributed by atoms with E-state index < -0.39 is 0 Å². The number of fused-ring (bicyclic) bond motifs is 2. The first-order chi connectivity index (χ1) is 14.2. The number of methoxy groups -OCH3 is 1. The van der Waals surface area contributed by atoms with Crippen LogP contribution in [-0.4, -0.2) is 31.7 Å². The number of thiazole rings is 1. The molecular formula is C21H17N5O2S. The van der Waals surface area contributed by atoms with Crippen LogP contribution in [0, 0.1) is 6.92 Å². The molecule has 7 nitrogen and oxygen atoms in total. The summed E-state index contributed by atoms with van der Waals surface area (Å²) in [4.78, 5) is 8.95. The van der Waals surface area contributed by atoms with E-state index in [1.807, 2.05) is 59.3 Å². The van der Waals surface area contributed by atoms with Gasteiger partial charge < -0.3 is 9.47 Å². The standard InChI is InChI=1S/C21H17N5O2S/c1-13-12-29-21(23-13)14-3-6-19-24-25-20(26(19)10-14)11-28-18-7-8-22-17-9-15(27-2)4-5-16(17)18/h3-10,12H,11H2,1-2H3. The van der Waals surface area contributed by atoms with Crippen LogP contribution in [0.1, 0.15) is 11.5 Å². The van der Waals surface area contributed by atoms with E-state index in [1.54, 1.807) is 24.6 Å². The van der Waals surface area contributed by atoms with Gasteiger partial charge in [-0.15, -0.1) is 21.5 Å². The molecule has 0 aliphatic heterocycles. The minimum Gasteiger partial charge on any atom is -0.497 e. The third kappa shape index (κ3) is 3.27. The van der Waals surface area contributed by atoms with Gasteiger partial charge in [-0.25, -0.2) is 4.98 Å². The molecule has 5 aromatic rings. The van der Waals surface area contributed by atoms with Crippen LogP contribution in [0.25, 0.3) is 27.1 Å². The van der Waals surface area contributed by atoms with Crippen molar-refractivity contribution >= 4 is 27.9 Å². The summed E-state index contributed by atoms with van der Waals surface area (Å²) in [5, 5.41) is 12.5. The lowest BCUT2D eigenvalue weighted by atomic mass is 10.2. The van der Waals surface area contributed by atoms with Crippen molar-refractivity contribution in [1.29, 1.82) is 0 Å². The number of benzene rings is 1. The highest BCUT2D eigenvalue weighted by molar-refractivity contribution is 7.13. The lowest BCUT2D eigenvalue weighted by Gasteiger charge is -2.09. The van der Waals surface area contributed by atoms with E-state index in [0.29, 0.717) is 5.82 Å². The number of hydrogen-bond donors (Lipinski definition) is 0. The molecule has 0 aliphatic rings. The van der Waals surface area contributed by atoms with Crippen molar-refractivity contribution in [2.45, 2.75) is 13.5 Å². The second-order valence-electron chi connectivity index (χ2n) is 6.54. The Kier molecular flexibility index (Phi) is 4.33. The lowest BCUT2D eigenvalue weighted by Crippen LogP contribution is -2.02. The van der Waals surface area contributed by atoms with E-state index in [-0.39, 0.29) is 6.61 Å². The van der Waals surface area contributed by atoms with Crippen LogP contribution in [0.4, 0.5) is 0 Å². The molecule has 5 rings (SSSR count). The second kappa shape index (κ2) is 7.14. The molecule has 0 spiro atoms. The minimum absolute atomic E-state index is 0.284. The topological polar surface area (TPSA) is 74.4 Å². The predicted molar refractivity (Wildman–Crippen MR) is 111 cm³/mol. The van der Waals surface area contributed by atoms with Crippen molar-refractivity contribution in [3.8, 4) is 22.1 Å². The zero-order valence-corrected chi connectivity index (χ0v) is 16.7. The molecule has 0 saturated heterocycles. The van der Waals surface area contributed by atoms with Gasteiger partial charge in [0, 0.05) is 40.5 Å². The summed E-state index contributed by atoms with van der Waals surface area (Å²) in [7, 11) is 1.64. The van der Waals surface area contributed by atoms with E-state index in [4.69, 9.17) is 9.47 Å². The summed E-state index contributed by atoms with van der Waals surface area (Å²) in [5.41, 5.74) is 3.62. The molecule has 8 heteroatoms. The van der Waals surface area contributed by atoms with Crippen molar-refractivity contribution in [3.63, 3.8) is 0 Å². The van der Waals surface area contributed by atoms with Crippen molar-refractivity contribution in [2.75, 3.05) is 7.11 Å². The summed E-state index contributed by atoms with van der Waals surface area (Å²) in [5.74, 6) is 2.21. The molecule has 0 N–H and O–H groups in total. The van der Waals surface area contributed by atoms with Crippen molar-refractivity contribution in [1.82, 2.24) is 24.6 Å². The van der Waals surface area contributed by atoms with E-state index in [1.165, 1.54) is 0 Å². The van der Waals surface area contributed by atoms with E-state index >= 15 is 0 Å². The number of aryl methyl sites for hydroxylation is 1. The number of pyridine rings is 2. The maximum atomic E-state index is 6.08. The van der Waals surface area contributed by atoms with Gasteiger partial charge in [-0.3, -0.25) is 9.38 Å². The summed E-state index contributed by atoms with van der Waals surface area (Å²) in [6.45, 7) is 2.28. The Morgan fingerprint density at radius 2 is 2.03 bits per heavy atom. The SMILES string of the molecule is COc1ccc2c(OCc3nnc4ccc(-c5nc(C)cs5)cn34)ccnc2c1. The molecule has 0 amide bonds. The fraction of sp³-hybridized carbons (Fsp3) is 0.143. The molecule has 0 radical (unpaired) electrons. The molecule has 4 aromatic heterocycles. The van der Waals surface area contributed by atoms with Crippen molar-refractivity contribution < 1.29 is 9.47 Å². The van der Waals surface area contributed by atoms with Crippen LogP contribution < -0.4 is 9.47 Å². The number of hydrogen-bond acceptors (Lipinski definition) is 7. The zero-order chi connectivity index (χ0) is 19.8. The Morgan fingerprint density at radius 1 is 1.10 bits per heavy atom.